The zero-order chi connectivity index (χ0) is 13.0. The average molecular weight is 243 g/mol. The highest BCUT2D eigenvalue weighted by Crippen LogP contribution is 2.18. The SMILES string of the molecule is CCC(CO)NC(=O)c1cccc2ccccc12. The van der Waals surface area contributed by atoms with Crippen LogP contribution in [0.5, 0.6) is 0 Å². The lowest BCUT2D eigenvalue weighted by molar-refractivity contribution is 0.0916. The van der Waals surface area contributed by atoms with E-state index in [2.05, 4.69) is 5.32 Å². The number of hydrogen-bond donors (Lipinski definition) is 2. The third kappa shape index (κ3) is 2.51. The van der Waals surface area contributed by atoms with E-state index in [1.165, 1.54) is 0 Å². The molecule has 3 nitrogen and oxygen atoms in total. The molecule has 0 bridgehead atoms. The van der Waals surface area contributed by atoms with Crippen molar-refractivity contribution in [2.45, 2.75) is 19.4 Å². The fraction of sp³-hybridized carbons (Fsp3) is 0.267. The zero-order valence-electron chi connectivity index (χ0n) is 10.4. The number of amides is 1. The van der Waals surface area contributed by atoms with E-state index in [-0.39, 0.29) is 18.6 Å². The van der Waals surface area contributed by atoms with E-state index in [1.807, 2.05) is 49.4 Å². The molecule has 0 fully saturated rings. The molecule has 18 heavy (non-hydrogen) atoms. The molecule has 94 valence electrons. The monoisotopic (exact) mass is 243 g/mol. The van der Waals surface area contributed by atoms with E-state index >= 15 is 0 Å². The molecule has 0 radical (unpaired) electrons. The Hall–Kier alpha value is -1.87. The number of hydrogen-bond acceptors (Lipinski definition) is 2. The lowest BCUT2D eigenvalue weighted by atomic mass is 10.0. The minimum atomic E-state index is -0.184. The normalized spacial score (nSPS) is 12.3. The third-order valence-corrected chi connectivity index (χ3v) is 3.08. The minimum Gasteiger partial charge on any atom is -0.394 e. The van der Waals surface area contributed by atoms with Crippen LogP contribution in [0.4, 0.5) is 0 Å². The lowest BCUT2D eigenvalue weighted by Crippen LogP contribution is -2.36. The van der Waals surface area contributed by atoms with Crippen LogP contribution in [0.3, 0.4) is 0 Å². The Morgan fingerprint density at radius 3 is 2.67 bits per heavy atom. The van der Waals surface area contributed by atoms with Crippen LogP contribution < -0.4 is 5.32 Å². The maximum atomic E-state index is 12.2. The van der Waals surface area contributed by atoms with Gasteiger partial charge in [0, 0.05) is 5.56 Å². The Morgan fingerprint density at radius 1 is 1.22 bits per heavy atom. The Labute approximate surface area is 106 Å². The molecule has 1 atom stereocenters. The molecule has 2 aromatic rings. The van der Waals surface area contributed by atoms with Crippen molar-refractivity contribution in [2.75, 3.05) is 6.61 Å². The van der Waals surface area contributed by atoms with Gasteiger partial charge in [0.25, 0.3) is 5.91 Å². The second-order valence-electron chi connectivity index (χ2n) is 4.29. The topological polar surface area (TPSA) is 49.3 Å². The summed E-state index contributed by atoms with van der Waals surface area (Å²) in [6.07, 6.45) is 0.715. The smallest absolute Gasteiger partial charge is 0.252 e. The molecule has 0 spiro atoms. The number of rotatable bonds is 4. The van der Waals surface area contributed by atoms with Crippen molar-refractivity contribution >= 4 is 16.7 Å². The number of carbonyl (C=O) groups excluding carboxylic acids is 1. The van der Waals surface area contributed by atoms with Crippen LogP contribution in [0.25, 0.3) is 10.8 Å². The van der Waals surface area contributed by atoms with Gasteiger partial charge in [-0.05, 0) is 23.3 Å². The second kappa shape index (κ2) is 5.65. The van der Waals surface area contributed by atoms with Crippen LogP contribution in [0.1, 0.15) is 23.7 Å². The molecular formula is C15H17NO2. The third-order valence-electron chi connectivity index (χ3n) is 3.08. The number of nitrogens with one attached hydrogen (secondary N) is 1. The van der Waals surface area contributed by atoms with Crippen molar-refractivity contribution in [3.8, 4) is 0 Å². The van der Waals surface area contributed by atoms with Gasteiger partial charge in [-0.1, -0.05) is 43.3 Å². The molecule has 2 N–H and O–H groups in total. The van der Waals surface area contributed by atoms with Gasteiger partial charge >= 0.3 is 0 Å². The summed E-state index contributed by atoms with van der Waals surface area (Å²) < 4.78 is 0. The van der Waals surface area contributed by atoms with E-state index in [9.17, 15) is 4.79 Å². The Morgan fingerprint density at radius 2 is 1.94 bits per heavy atom. The van der Waals surface area contributed by atoms with Gasteiger partial charge in [-0.2, -0.15) is 0 Å². The van der Waals surface area contributed by atoms with Crippen molar-refractivity contribution in [1.82, 2.24) is 5.32 Å². The molecule has 1 amide bonds. The minimum absolute atomic E-state index is 0.0347. The maximum absolute atomic E-state index is 12.2. The molecule has 1 unspecified atom stereocenters. The Kier molecular flexibility index (Phi) is 3.95. The summed E-state index contributed by atoms with van der Waals surface area (Å²) >= 11 is 0. The largest absolute Gasteiger partial charge is 0.394 e. The summed E-state index contributed by atoms with van der Waals surface area (Å²) in [5.74, 6) is -0.132. The number of benzene rings is 2. The van der Waals surface area contributed by atoms with Crippen LogP contribution in [0.15, 0.2) is 42.5 Å². The predicted molar refractivity (Wildman–Crippen MR) is 72.6 cm³/mol. The van der Waals surface area contributed by atoms with E-state index in [4.69, 9.17) is 5.11 Å². The number of carbonyl (C=O) groups is 1. The average Bonchev–Trinajstić information content (AvgIpc) is 2.43. The van der Waals surface area contributed by atoms with Crippen molar-refractivity contribution in [3.05, 3.63) is 48.0 Å². The lowest BCUT2D eigenvalue weighted by Gasteiger charge is -2.14. The molecule has 0 aliphatic rings. The summed E-state index contributed by atoms with van der Waals surface area (Å²) in [6.45, 7) is 1.90. The molecule has 0 aliphatic carbocycles. The van der Waals surface area contributed by atoms with E-state index in [1.54, 1.807) is 0 Å². The number of fused-ring (bicyclic) bond motifs is 1. The number of aliphatic hydroxyl groups is 1. The zero-order valence-corrected chi connectivity index (χ0v) is 10.4. The van der Waals surface area contributed by atoms with E-state index in [0.29, 0.717) is 12.0 Å². The highest BCUT2D eigenvalue weighted by Gasteiger charge is 2.13. The molecular weight excluding hydrogens is 226 g/mol. The fourth-order valence-electron chi connectivity index (χ4n) is 1.96. The van der Waals surface area contributed by atoms with Gasteiger partial charge in [-0.25, -0.2) is 0 Å². The van der Waals surface area contributed by atoms with Crippen LogP contribution in [0, 0.1) is 0 Å². The first-order chi connectivity index (χ1) is 8.76. The Balaban J connectivity index is 2.33. The van der Waals surface area contributed by atoms with Crippen LogP contribution >= 0.6 is 0 Å². The summed E-state index contributed by atoms with van der Waals surface area (Å²) in [7, 11) is 0. The predicted octanol–water partition coefficient (Wildman–Crippen LogP) is 2.34. The van der Waals surface area contributed by atoms with Gasteiger partial charge in [-0.3, -0.25) is 4.79 Å². The first-order valence-electron chi connectivity index (χ1n) is 6.15. The van der Waals surface area contributed by atoms with Gasteiger partial charge < -0.3 is 10.4 Å². The second-order valence-corrected chi connectivity index (χ2v) is 4.29. The van der Waals surface area contributed by atoms with Gasteiger partial charge in [-0.15, -0.1) is 0 Å². The summed E-state index contributed by atoms with van der Waals surface area (Å²) in [4.78, 5) is 12.2. The fourth-order valence-corrected chi connectivity index (χ4v) is 1.96. The van der Waals surface area contributed by atoms with Crippen molar-refractivity contribution in [2.24, 2.45) is 0 Å². The quantitative estimate of drug-likeness (QED) is 0.866. The first-order valence-corrected chi connectivity index (χ1v) is 6.15. The van der Waals surface area contributed by atoms with Crippen LogP contribution in [0.2, 0.25) is 0 Å². The molecule has 0 saturated carbocycles. The highest BCUT2D eigenvalue weighted by atomic mass is 16.3. The molecule has 2 aromatic carbocycles. The highest BCUT2D eigenvalue weighted by molar-refractivity contribution is 6.07. The molecule has 2 rings (SSSR count). The van der Waals surface area contributed by atoms with Gasteiger partial charge in [0.15, 0.2) is 0 Å². The van der Waals surface area contributed by atoms with Crippen LogP contribution in [-0.4, -0.2) is 23.7 Å². The van der Waals surface area contributed by atoms with Crippen molar-refractivity contribution in [1.29, 1.82) is 0 Å². The number of aliphatic hydroxyl groups excluding tert-OH is 1. The van der Waals surface area contributed by atoms with Crippen molar-refractivity contribution in [3.63, 3.8) is 0 Å². The molecule has 0 aliphatic heterocycles. The molecule has 0 heterocycles. The van der Waals surface area contributed by atoms with Gasteiger partial charge in [0.05, 0.1) is 12.6 Å². The summed E-state index contributed by atoms with van der Waals surface area (Å²) in [5.41, 5.74) is 0.653. The first kappa shape index (κ1) is 12.6. The van der Waals surface area contributed by atoms with E-state index < -0.39 is 0 Å². The van der Waals surface area contributed by atoms with E-state index in [0.717, 1.165) is 10.8 Å². The van der Waals surface area contributed by atoms with Crippen LogP contribution in [-0.2, 0) is 0 Å². The van der Waals surface area contributed by atoms with Crippen molar-refractivity contribution < 1.29 is 9.90 Å². The standard InChI is InChI=1S/C15H17NO2/c1-2-12(10-17)16-15(18)14-9-5-7-11-6-3-4-8-13(11)14/h3-9,12,17H,2,10H2,1H3,(H,16,18). The maximum Gasteiger partial charge on any atom is 0.252 e. The Bertz CT molecular complexity index is 542. The summed E-state index contributed by atoms with van der Waals surface area (Å²) in [6, 6.07) is 13.3. The van der Waals surface area contributed by atoms with Gasteiger partial charge in [0.1, 0.15) is 0 Å². The molecule has 0 aromatic heterocycles. The van der Waals surface area contributed by atoms with Gasteiger partial charge in [0.2, 0.25) is 0 Å². The molecule has 0 saturated heterocycles. The molecule has 3 heteroatoms. The summed E-state index contributed by atoms with van der Waals surface area (Å²) in [5, 5.41) is 13.9.